The summed E-state index contributed by atoms with van der Waals surface area (Å²) in [4.78, 5) is 25.0. The molecule has 3 aromatic rings. The van der Waals surface area contributed by atoms with Crippen molar-refractivity contribution in [2.45, 2.75) is 6.92 Å². The third-order valence-corrected chi connectivity index (χ3v) is 6.06. The van der Waals surface area contributed by atoms with Gasteiger partial charge in [0.2, 0.25) is 0 Å². The molecule has 35 heavy (non-hydrogen) atoms. The maximum absolute atomic E-state index is 13.1. The standard InChI is InChI=1S/C25H17Br2ClFN3O3/c1-14-2-5-20(11-22(14)28)31-23(33)13-35-24-15(9-17(26)10-21(24)27)8-16(12-30)25(34)32-19-6-3-18(29)4-7-19/h2-11H,13H2,1H3,(H,31,33)(H,32,34)/b16-8+. The van der Waals surface area contributed by atoms with E-state index in [1.54, 1.807) is 30.3 Å². The van der Waals surface area contributed by atoms with E-state index >= 15 is 0 Å². The van der Waals surface area contributed by atoms with Crippen LogP contribution in [-0.2, 0) is 9.59 Å². The van der Waals surface area contributed by atoms with Gasteiger partial charge in [0.15, 0.2) is 6.61 Å². The van der Waals surface area contributed by atoms with E-state index in [1.165, 1.54) is 30.3 Å². The molecule has 0 saturated heterocycles. The van der Waals surface area contributed by atoms with Gasteiger partial charge in [-0.1, -0.05) is 33.6 Å². The summed E-state index contributed by atoms with van der Waals surface area (Å²) in [6.07, 6.45) is 1.33. The SMILES string of the molecule is Cc1ccc(NC(=O)COc2c(Br)cc(Br)cc2/C=C(\C#N)C(=O)Nc2ccc(F)cc2)cc1Cl. The summed E-state index contributed by atoms with van der Waals surface area (Å²) >= 11 is 12.9. The topological polar surface area (TPSA) is 91.2 Å². The van der Waals surface area contributed by atoms with E-state index in [0.717, 1.165) is 5.56 Å². The Morgan fingerprint density at radius 1 is 1.09 bits per heavy atom. The zero-order valence-corrected chi connectivity index (χ0v) is 22.1. The number of amides is 2. The van der Waals surface area contributed by atoms with Gasteiger partial charge in [0, 0.05) is 26.4 Å². The third-order valence-electron chi connectivity index (χ3n) is 4.61. The molecule has 0 radical (unpaired) electrons. The van der Waals surface area contributed by atoms with E-state index < -0.39 is 17.6 Å². The molecular formula is C25H17Br2ClFN3O3. The van der Waals surface area contributed by atoms with Crippen LogP contribution in [0.1, 0.15) is 11.1 Å². The van der Waals surface area contributed by atoms with E-state index in [9.17, 15) is 19.2 Å². The van der Waals surface area contributed by atoms with Gasteiger partial charge in [-0.3, -0.25) is 9.59 Å². The van der Waals surface area contributed by atoms with Crippen LogP contribution in [-0.4, -0.2) is 18.4 Å². The number of anilines is 2. The normalized spacial score (nSPS) is 10.9. The highest BCUT2D eigenvalue weighted by Crippen LogP contribution is 2.34. The minimum atomic E-state index is -0.685. The lowest BCUT2D eigenvalue weighted by Gasteiger charge is -2.13. The number of hydrogen-bond donors (Lipinski definition) is 2. The van der Waals surface area contributed by atoms with Crippen molar-refractivity contribution >= 4 is 72.7 Å². The molecule has 0 atom stereocenters. The lowest BCUT2D eigenvalue weighted by molar-refractivity contribution is -0.118. The lowest BCUT2D eigenvalue weighted by atomic mass is 10.1. The van der Waals surface area contributed by atoms with Crippen molar-refractivity contribution in [2.24, 2.45) is 0 Å². The molecule has 10 heteroatoms. The molecule has 0 bridgehead atoms. The van der Waals surface area contributed by atoms with E-state index in [-0.39, 0.29) is 17.9 Å². The van der Waals surface area contributed by atoms with Gasteiger partial charge >= 0.3 is 0 Å². The number of nitrogens with one attached hydrogen (secondary N) is 2. The summed E-state index contributed by atoms with van der Waals surface area (Å²) in [5.41, 5.74) is 1.89. The second kappa shape index (κ2) is 12.0. The predicted molar refractivity (Wildman–Crippen MR) is 141 cm³/mol. The first-order valence-electron chi connectivity index (χ1n) is 10.0. The van der Waals surface area contributed by atoms with Crippen LogP contribution in [0.5, 0.6) is 5.75 Å². The van der Waals surface area contributed by atoms with E-state index in [0.29, 0.717) is 30.9 Å². The van der Waals surface area contributed by atoms with Crippen LogP contribution in [0.15, 0.2) is 69.1 Å². The molecule has 0 aliphatic carbocycles. The first kappa shape index (κ1) is 26.4. The average molecular weight is 622 g/mol. The molecule has 3 rings (SSSR count). The van der Waals surface area contributed by atoms with Gasteiger partial charge < -0.3 is 15.4 Å². The molecule has 0 unspecified atom stereocenters. The Balaban J connectivity index is 1.79. The number of rotatable bonds is 7. The van der Waals surface area contributed by atoms with Crippen molar-refractivity contribution in [1.29, 1.82) is 5.26 Å². The van der Waals surface area contributed by atoms with Gasteiger partial charge in [-0.15, -0.1) is 0 Å². The van der Waals surface area contributed by atoms with Gasteiger partial charge in [0.05, 0.1) is 4.47 Å². The summed E-state index contributed by atoms with van der Waals surface area (Å²) in [6.45, 7) is 1.52. The van der Waals surface area contributed by atoms with E-state index in [1.807, 2.05) is 13.0 Å². The van der Waals surface area contributed by atoms with Crippen molar-refractivity contribution in [1.82, 2.24) is 0 Å². The fraction of sp³-hybridized carbons (Fsp3) is 0.0800. The van der Waals surface area contributed by atoms with Gasteiger partial charge in [-0.25, -0.2) is 4.39 Å². The van der Waals surface area contributed by atoms with Crippen LogP contribution in [0.3, 0.4) is 0 Å². The first-order chi connectivity index (χ1) is 16.7. The Kier molecular flexibility index (Phi) is 9.04. The van der Waals surface area contributed by atoms with Crippen molar-refractivity contribution < 1.29 is 18.7 Å². The molecule has 0 spiro atoms. The fourth-order valence-electron chi connectivity index (χ4n) is 2.88. The molecule has 0 saturated carbocycles. The van der Waals surface area contributed by atoms with Crippen molar-refractivity contribution in [3.8, 4) is 11.8 Å². The summed E-state index contributed by atoms with van der Waals surface area (Å²) in [5.74, 6) is -1.30. The highest BCUT2D eigenvalue weighted by atomic mass is 79.9. The average Bonchev–Trinajstić information content (AvgIpc) is 2.80. The van der Waals surface area contributed by atoms with Gasteiger partial charge in [-0.05, 0) is 83.0 Å². The van der Waals surface area contributed by atoms with Crippen LogP contribution in [0.25, 0.3) is 6.08 Å². The maximum atomic E-state index is 13.1. The molecule has 0 aliphatic rings. The predicted octanol–water partition coefficient (Wildman–Crippen LogP) is 6.88. The summed E-state index contributed by atoms with van der Waals surface area (Å²) in [7, 11) is 0. The van der Waals surface area contributed by atoms with E-state index in [2.05, 4.69) is 42.5 Å². The van der Waals surface area contributed by atoms with Gasteiger partial charge in [0.1, 0.15) is 23.2 Å². The monoisotopic (exact) mass is 619 g/mol. The van der Waals surface area contributed by atoms with Gasteiger partial charge in [-0.2, -0.15) is 5.26 Å². The Morgan fingerprint density at radius 3 is 2.43 bits per heavy atom. The lowest BCUT2D eigenvalue weighted by Crippen LogP contribution is -2.20. The Labute approximate surface area is 223 Å². The van der Waals surface area contributed by atoms with Crippen LogP contribution < -0.4 is 15.4 Å². The molecule has 178 valence electrons. The van der Waals surface area contributed by atoms with Crippen LogP contribution in [0, 0.1) is 24.1 Å². The Hall–Kier alpha value is -3.19. The van der Waals surface area contributed by atoms with Crippen molar-refractivity contribution in [2.75, 3.05) is 17.2 Å². The molecule has 0 fully saturated rings. The third kappa shape index (κ3) is 7.39. The molecule has 0 aromatic heterocycles. The summed E-state index contributed by atoms with van der Waals surface area (Å²) in [6, 6.07) is 15.5. The molecule has 0 heterocycles. The minimum Gasteiger partial charge on any atom is -0.482 e. The number of ether oxygens (including phenoxy) is 1. The zero-order chi connectivity index (χ0) is 25.5. The second-order valence-corrected chi connectivity index (χ2v) is 9.41. The molecule has 2 N–H and O–H groups in total. The fourth-order valence-corrected chi connectivity index (χ4v) is 4.43. The highest BCUT2D eigenvalue weighted by molar-refractivity contribution is 9.11. The van der Waals surface area contributed by atoms with Crippen LogP contribution in [0.4, 0.5) is 15.8 Å². The molecular weight excluding hydrogens is 605 g/mol. The second-order valence-electron chi connectivity index (χ2n) is 7.24. The molecule has 6 nitrogen and oxygen atoms in total. The minimum absolute atomic E-state index is 0.220. The quantitative estimate of drug-likeness (QED) is 0.222. The number of nitriles is 1. The molecule has 2 amide bonds. The van der Waals surface area contributed by atoms with Crippen LogP contribution in [0.2, 0.25) is 5.02 Å². The van der Waals surface area contributed by atoms with Crippen molar-refractivity contribution in [3.63, 3.8) is 0 Å². The zero-order valence-electron chi connectivity index (χ0n) is 18.2. The highest BCUT2D eigenvalue weighted by Gasteiger charge is 2.16. The Morgan fingerprint density at radius 2 is 1.77 bits per heavy atom. The first-order valence-corrected chi connectivity index (χ1v) is 12.0. The van der Waals surface area contributed by atoms with Gasteiger partial charge in [0.25, 0.3) is 11.8 Å². The Bertz CT molecular complexity index is 1360. The molecule has 0 aliphatic heterocycles. The number of carbonyl (C=O) groups excluding carboxylic acids is 2. The number of carbonyl (C=O) groups is 2. The number of halogens is 4. The largest absolute Gasteiger partial charge is 0.482 e. The van der Waals surface area contributed by atoms with Crippen LogP contribution >= 0.6 is 43.5 Å². The smallest absolute Gasteiger partial charge is 0.266 e. The molecule has 3 aromatic carbocycles. The number of nitrogens with zero attached hydrogens (tertiary/aromatic N) is 1. The maximum Gasteiger partial charge on any atom is 0.266 e. The number of aryl methyl sites for hydroxylation is 1. The van der Waals surface area contributed by atoms with E-state index in [4.69, 9.17) is 16.3 Å². The summed E-state index contributed by atoms with van der Waals surface area (Å²) < 4.78 is 20.0. The number of benzene rings is 3. The van der Waals surface area contributed by atoms with Crippen molar-refractivity contribution in [3.05, 3.63) is 91.1 Å². The summed E-state index contributed by atoms with van der Waals surface area (Å²) in [5, 5.41) is 15.3. The number of hydrogen-bond acceptors (Lipinski definition) is 4.